The normalized spacial score (nSPS) is 36.9. The third-order valence-electron chi connectivity index (χ3n) is 3.64. The predicted octanol–water partition coefficient (Wildman–Crippen LogP) is -0.338. The van der Waals surface area contributed by atoms with Crippen LogP contribution in [0.1, 0.15) is 13.8 Å². The van der Waals surface area contributed by atoms with Crippen LogP contribution in [0, 0.1) is 11.8 Å². The number of likely N-dealkylation sites (tertiary alicyclic amines) is 1. The minimum atomic E-state index is -0.00347. The molecular weight excluding hydrogens is 190 g/mol. The van der Waals surface area contributed by atoms with Crippen LogP contribution in [0.4, 0.5) is 0 Å². The molecule has 86 valence electrons. The number of hydrogen-bond acceptors (Lipinski definition) is 3. The third-order valence-corrected chi connectivity index (χ3v) is 3.64. The Bertz CT molecular complexity index is 228. The maximum Gasteiger partial charge on any atom is 0.241 e. The number of carbonyl (C=O) groups excluding carboxylic acids is 1. The van der Waals surface area contributed by atoms with Crippen LogP contribution < -0.4 is 10.6 Å². The fraction of sp³-hybridized carbons (Fsp3) is 0.909. The summed E-state index contributed by atoms with van der Waals surface area (Å²) < 4.78 is 0. The first kappa shape index (κ1) is 10.9. The second-order valence-electron chi connectivity index (χ2n) is 4.91. The van der Waals surface area contributed by atoms with E-state index in [2.05, 4.69) is 24.5 Å². The van der Waals surface area contributed by atoms with E-state index in [4.69, 9.17) is 0 Å². The molecule has 0 aliphatic carbocycles. The first-order valence-electron chi connectivity index (χ1n) is 5.91. The van der Waals surface area contributed by atoms with Crippen LogP contribution in [-0.4, -0.2) is 49.6 Å². The Kier molecular flexibility index (Phi) is 3.26. The van der Waals surface area contributed by atoms with Gasteiger partial charge in [0.1, 0.15) is 0 Å². The van der Waals surface area contributed by atoms with Crippen molar-refractivity contribution in [3.63, 3.8) is 0 Å². The lowest BCUT2D eigenvalue weighted by Gasteiger charge is -2.27. The average Bonchev–Trinajstić information content (AvgIpc) is 2.59. The molecule has 0 bridgehead atoms. The minimum absolute atomic E-state index is 0.00347. The molecule has 0 aromatic rings. The van der Waals surface area contributed by atoms with Gasteiger partial charge in [0.05, 0.1) is 6.04 Å². The predicted molar refractivity (Wildman–Crippen MR) is 59.6 cm³/mol. The molecule has 4 nitrogen and oxygen atoms in total. The summed E-state index contributed by atoms with van der Waals surface area (Å²) in [7, 11) is 0. The summed E-state index contributed by atoms with van der Waals surface area (Å²) in [5.41, 5.74) is 0. The fourth-order valence-electron chi connectivity index (χ4n) is 2.36. The van der Waals surface area contributed by atoms with E-state index in [1.54, 1.807) is 0 Å². The van der Waals surface area contributed by atoms with Gasteiger partial charge in [-0.25, -0.2) is 0 Å². The molecule has 2 rings (SSSR count). The van der Waals surface area contributed by atoms with Gasteiger partial charge in [-0.05, 0) is 11.8 Å². The van der Waals surface area contributed by atoms with Crippen LogP contribution in [0.5, 0.6) is 0 Å². The molecule has 15 heavy (non-hydrogen) atoms. The van der Waals surface area contributed by atoms with Gasteiger partial charge in [0.25, 0.3) is 0 Å². The van der Waals surface area contributed by atoms with E-state index in [0.717, 1.165) is 32.7 Å². The molecule has 2 aliphatic rings. The monoisotopic (exact) mass is 211 g/mol. The Labute approximate surface area is 91.4 Å². The highest BCUT2D eigenvalue weighted by molar-refractivity contribution is 5.82. The van der Waals surface area contributed by atoms with Gasteiger partial charge in [0, 0.05) is 32.7 Å². The van der Waals surface area contributed by atoms with E-state index in [1.165, 1.54) is 0 Å². The van der Waals surface area contributed by atoms with E-state index in [-0.39, 0.29) is 11.9 Å². The molecule has 2 saturated heterocycles. The summed E-state index contributed by atoms with van der Waals surface area (Å²) in [5, 5.41) is 6.52. The van der Waals surface area contributed by atoms with E-state index in [1.807, 2.05) is 4.90 Å². The molecule has 0 aromatic carbocycles. The van der Waals surface area contributed by atoms with E-state index in [0.29, 0.717) is 11.8 Å². The summed E-state index contributed by atoms with van der Waals surface area (Å²) in [6.07, 6.45) is 0. The molecule has 3 atom stereocenters. The number of rotatable bonds is 1. The number of nitrogens with zero attached hydrogens (tertiary/aromatic N) is 1. The maximum atomic E-state index is 12.1. The quantitative estimate of drug-likeness (QED) is 0.624. The molecule has 0 spiro atoms. The van der Waals surface area contributed by atoms with E-state index >= 15 is 0 Å². The topological polar surface area (TPSA) is 44.4 Å². The number of carbonyl (C=O) groups is 1. The van der Waals surface area contributed by atoms with Crippen molar-refractivity contribution in [2.75, 3.05) is 32.7 Å². The molecule has 2 fully saturated rings. The Morgan fingerprint density at radius 1 is 1.20 bits per heavy atom. The Morgan fingerprint density at radius 3 is 2.40 bits per heavy atom. The van der Waals surface area contributed by atoms with Crippen LogP contribution >= 0.6 is 0 Å². The highest BCUT2D eigenvalue weighted by Gasteiger charge is 2.33. The molecule has 2 aliphatic heterocycles. The number of amides is 1. The first-order chi connectivity index (χ1) is 7.18. The van der Waals surface area contributed by atoms with Crippen LogP contribution in [0.15, 0.2) is 0 Å². The Balaban J connectivity index is 1.90. The zero-order valence-corrected chi connectivity index (χ0v) is 9.62. The second-order valence-corrected chi connectivity index (χ2v) is 4.91. The van der Waals surface area contributed by atoms with Crippen molar-refractivity contribution in [1.82, 2.24) is 15.5 Å². The molecule has 2 heterocycles. The zero-order chi connectivity index (χ0) is 10.8. The average molecular weight is 211 g/mol. The molecule has 1 amide bonds. The lowest BCUT2D eigenvalue weighted by atomic mass is 10.0. The summed E-state index contributed by atoms with van der Waals surface area (Å²) in [5.74, 6) is 1.56. The van der Waals surface area contributed by atoms with Gasteiger partial charge < -0.3 is 15.5 Å². The van der Waals surface area contributed by atoms with Gasteiger partial charge in [-0.1, -0.05) is 13.8 Å². The largest absolute Gasteiger partial charge is 0.341 e. The SMILES string of the molecule is CC1CN(C(=O)C2CNCCN2)CC1C. The third kappa shape index (κ3) is 2.32. The molecule has 2 N–H and O–H groups in total. The molecule has 0 aromatic heterocycles. The molecule has 4 heteroatoms. The van der Waals surface area contributed by atoms with Gasteiger partial charge in [-0.2, -0.15) is 0 Å². The van der Waals surface area contributed by atoms with Crippen molar-refractivity contribution in [3.8, 4) is 0 Å². The van der Waals surface area contributed by atoms with E-state index in [9.17, 15) is 4.79 Å². The van der Waals surface area contributed by atoms with Gasteiger partial charge in [-0.15, -0.1) is 0 Å². The Morgan fingerprint density at radius 2 is 1.87 bits per heavy atom. The van der Waals surface area contributed by atoms with Crippen molar-refractivity contribution in [1.29, 1.82) is 0 Å². The highest BCUT2D eigenvalue weighted by atomic mass is 16.2. The number of piperazine rings is 1. The fourth-order valence-corrected chi connectivity index (χ4v) is 2.36. The minimum Gasteiger partial charge on any atom is -0.341 e. The molecule has 0 saturated carbocycles. The van der Waals surface area contributed by atoms with Gasteiger partial charge in [0.2, 0.25) is 5.91 Å². The molecule has 3 unspecified atom stereocenters. The van der Waals surface area contributed by atoms with Crippen LogP contribution in [0.3, 0.4) is 0 Å². The summed E-state index contributed by atoms with van der Waals surface area (Å²) >= 11 is 0. The lowest BCUT2D eigenvalue weighted by molar-refractivity contribution is -0.132. The summed E-state index contributed by atoms with van der Waals surface area (Å²) in [6.45, 7) is 8.95. The lowest BCUT2D eigenvalue weighted by Crippen LogP contribution is -2.56. The van der Waals surface area contributed by atoms with Crippen molar-refractivity contribution >= 4 is 5.91 Å². The standard InChI is InChI=1S/C11H21N3O/c1-8-6-14(7-9(8)2)11(15)10-5-12-3-4-13-10/h8-10,12-13H,3-7H2,1-2H3. The second kappa shape index (κ2) is 4.49. The number of nitrogens with one attached hydrogen (secondary N) is 2. The molecular formula is C11H21N3O. The smallest absolute Gasteiger partial charge is 0.241 e. The van der Waals surface area contributed by atoms with Crippen molar-refractivity contribution in [3.05, 3.63) is 0 Å². The first-order valence-corrected chi connectivity index (χ1v) is 5.91. The van der Waals surface area contributed by atoms with Crippen LogP contribution in [0.2, 0.25) is 0 Å². The summed E-state index contributed by atoms with van der Waals surface area (Å²) in [6, 6.07) is -0.00347. The van der Waals surface area contributed by atoms with Crippen molar-refractivity contribution in [2.24, 2.45) is 11.8 Å². The van der Waals surface area contributed by atoms with Crippen molar-refractivity contribution < 1.29 is 4.79 Å². The number of hydrogen-bond donors (Lipinski definition) is 2. The van der Waals surface area contributed by atoms with Crippen LogP contribution in [-0.2, 0) is 4.79 Å². The van der Waals surface area contributed by atoms with E-state index < -0.39 is 0 Å². The molecule has 0 radical (unpaired) electrons. The Hall–Kier alpha value is -0.610. The maximum absolute atomic E-state index is 12.1. The summed E-state index contributed by atoms with van der Waals surface area (Å²) in [4.78, 5) is 14.1. The van der Waals surface area contributed by atoms with Crippen LogP contribution in [0.25, 0.3) is 0 Å². The van der Waals surface area contributed by atoms with Gasteiger partial charge >= 0.3 is 0 Å². The van der Waals surface area contributed by atoms with Gasteiger partial charge in [-0.3, -0.25) is 4.79 Å². The van der Waals surface area contributed by atoms with Crippen molar-refractivity contribution in [2.45, 2.75) is 19.9 Å². The van der Waals surface area contributed by atoms with Gasteiger partial charge in [0.15, 0.2) is 0 Å². The highest BCUT2D eigenvalue weighted by Crippen LogP contribution is 2.22. The zero-order valence-electron chi connectivity index (χ0n) is 9.62.